The molecule has 10 atom stereocenters. The van der Waals surface area contributed by atoms with Crippen LogP contribution >= 0.6 is 0 Å². The van der Waals surface area contributed by atoms with E-state index in [0.29, 0.717) is 12.0 Å². The lowest BCUT2D eigenvalue weighted by Gasteiger charge is -2.57. The maximum Gasteiger partial charge on any atom is 0.334 e. The summed E-state index contributed by atoms with van der Waals surface area (Å²) in [6.07, 6.45) is 8.32. The summed E-state index contributed by atoms with van der Waals surface area (Å²) in [6.45, 7) is 10.6. The molecule has 0 aromatic rings. The molecule has 0 N–H and O–H groups in total. The van der Waals surface area contributed by atoms with Crippen LogP contribution < -0.4 is 0 Å². The fraction of sp³-hybridized carbons (Fsp3) is 0.688. The predicted octanol–water partition coefficient (Wildman–Crippen LogP) is 4.76. The summed E-state index contributed by atoms with van der Waals surface area (Å²) in [5.74, 6) is -0.564. The predicted molar refractivity (Wildman–Crippen MR) is 143 cm³/mol. The lowest BCUT2D eigenvalue weighted by atomic mass is 9.46. The Balaban J connectivity index is 1.38. The van der Waals surface area contributed by atoms with Gasteiger partial charge in [0, 0.05) is 37.2 Å². The average molecular weight is 553 g/mol. The molecule has 2 aliphatic heterocycles. The number of esters is 3. The minimum Gasteiger partial charge on any atom is -0.456 e. The van der Waals surface area contributed by atoms with Crippen LogP contribution in [0.1, 0.15) is 80.1 Å². The Bertz CT molecular complexity index is 1280. The van der Waals surface area contributed by atoms with Crippen LogP contribution in [0, 0.1) is 34.5 Å². The first kappa shape index (κ1) is 27.4. The maximum atomic E-state index is 13.5. The summed E-state index contributed by atoms with van der Waals surface area (Å²) in [7, 11) is 0. The van der Waals surface area contributed by atoms with Gasteiger partial charge in [-0.05, 0) is 95.3 Å². The highest BCUT2D eigenvalue weighted by Gasteiger charge is 2.74. The fourth-order valence-electron chi connectivity index (χ4n) is 9.69. The molecule has 4 aliphatic carbocycles. The first-order valence-corrected chi connectivity index (χ1v) is 14.7. The van der Waals surface area contributed by atoms with Crippen molar-refractivity contribution >= 4 is 23.7 Å². The van der Waals surface area contributed by atoms with E-state index >= 15 is 0 Å². The number of cyclic esters (lactones) is 1. The molecule has 0 radical (unpaired) electrons. The van der Waals surface area contributed by atoms with Gasteiger partial charge >= 0.3 is 17.9 Å². The Hall–Kier alpha value is -2.74. The zero-order valence-electron chi connectivity index (χ0n) is 24.3. The summed E-state index contributed by atoms with van der Waals surface area (Å²) in [5.41, 5.74) is 0.544. The minimum absolute atomic E-state index is 0.0354. The third-order valence-electron chi connectivity index (χ3n) is 11.6. The van der Waals surface area contributed by atoms with Gasteiger partial charge in [-0.2, -0.15) is 0 Å². The van der Waals surface area contributed by atoms with Gasteiger partial charge in [0.1, 0.15) is 17.8 Å². The van der Waals surface area contributed by atoms with E-state index < -0.39 is 40.9 Å². The largest absolute Gasteiger partial charge is 0.456 e. The Labute approximate surface area is 235 Å². The number of hydrogen-bond donors (Lipinski definition) is 0. The molecule has 6 rings (SSSR count). The highest BCUT2D eigenvalue weighted by Crippen LogP contribution is 2.72. The van der Waals surface area contributed by atoms with Crippen LogP contribution in [0.25, 0.3) is 0 Å². The third kappa shape index (κ3) is 3.60. The molecule has 216 valence electrons. The quantitative estimate of drug-likeness (QED) is 0.280. The van der Waals surface area contributed by atoms with Gasteiger partial charge in [0.05, 0.1) is 5.41 Å². The van der Waals surface area contributed by atoms with E-state index in [-0.39, 0.29) is 41.4 Å². The smallest absolute Gasteiger partial charge is 0.334 e. The number of rotatable bonds is 3. The maximum absolute atomic E-state index is 13.5. The topological polar surface area (TPSA) is 105 Å². The number of ketones is 1. The molecule has 2 heterocycles. The molecule has 40 heavy (non-hydrogen) atoms. The molecule has 0 aromatic carbocycles. The third-order valence-corrected chi connectivity index (χ3v) is 11.6. The second kappa shape index (κ2) is 9.13. The number of hydrogen-bond acceptors (Lipinski definition) is 8. The Morgan fingerprint density at radius 1 is 1.00 bits per heavy atom. The minimum atomic E-state index is -0.803. The second-order valence-electron chi connectivity index (χ2n) is 13.3. The van der Waals surface area contributed by atoms with Crippen molar-refractivity contribution in [3.8, 4) is 0 Å². The lowest BCUT2D eigenvalue weighted by molar-refractivity contribution is -0.231. The van der Waals surface area contributed by atoms with Crippen LogP contribution in [0.3, 0.4) is 0 Å². The lowest BCUT2D eigenvalue weighted by Crippen LogP contribution is -2.57. The average Bonchev–Trinajstić information content (AvgIpc) is 3.39. The molecule has 1 saturated heterocycles. The first-order chi connectivity index (χ1) is 18.8. The second-order valence-corrected chi connectivity index (χ2v) is 13.3. The summed E-state index contributed by atoms with van der Waals surface area (Å²) in [6, 6.07) is 0. The van der Waals surface area contributed by atoms with E-state index in [4.69, 9.17) is 18.9 Å². The molecule has 6 aliphatic rings. The fourth-order valence-corrected chi connectivity index (χ4v) is 9.69. The van der Waals surface area contributed by atoms with Crippen molar-refractivity contribution in [2.75, 3.05) is 0 Å². The van der Waals surface area contributed by atoms with E-state index in [1.165, 1.54) is 13.8 Å². The number of ether oxygens (including phenoxy) is 4. The van der Waals surface area contributed by atoms with Crippen LogP contribution in [0.2, 0.25) is 0 Å². The number of carbonyl (C=O) groups excluding carboxylic acids is 4. The molecule has 3 fully saturated rings. The van der Waals surface area contributed by atoms with E-state index in [0.717, 1.165) is 43.3 Å². The van der Waals surface area contributed by atoms with Crippen molar-refractivity contribution in [3.63, 3.8) is 0 Å². The van der Waals surface area contributed by atoms with Gasteiger partial charge in [-0.25, -0.2) is 4.79 Å². The summed E-state index contributed by atoms with van der Waals surface area (Å²) in [4.78, 5) is 50.5. The zero-order valence-corrected chi connectivity index (χ0v) is 24.3. The van der Waals surface area contributed by atoms with Crippen LogP contribution in [-0.2, 0) is 38.1 Å². The molecule has 0 unspecified atom stereocenters. The molecule has 8 nitrogen and oxygen atoms in total. The van der Waals surface area contributed by atoms with Crippen molar-refractivity contribution in [2.45, 2.75) is 104 Å². The zero-order chi connectivity index (χ0) is 28.8. The van der Waals surface area contributed by atoms with Crippen molar-refractivity contribution in [1.29, 1.82) is 0 Å². The Kier molecular flexibility index (Phi) is 6.26. The van der Waals surface area contributed by atoms with Gasteiger partial charge < -0.3 is 18.9 Å². The molecule has 0 amide bonds. The number of fused-ring (bicyclic) bond motifs is 4. The Morgan fingerprint density at radius 3 is 2.40 bits per heavy atom. The van der Waals surface area contributed by atoms with Gasteiger partial charge in [0.2, 0.25) is 6.29 Å². The number of allylic oxidation sites excluding steroid dienone is 2. The molecule has 8 heteroatoms. The van der Waals surface area contributed by atoms with Crippen molar-refractivity contribution < 1.29 is 38.1 Å². The van der Waals surface area contributed by atoms with Crippen molar-refractivity contribution in [2.24, 2.45) is 34.5 Å². The van der Waals surface area contributed by atoms with Crippen LogP contribution in [0.4, 0.5) is 0 Å². The molecule has 2 saturated carbocycles. The molecule has 0 bridgehead atoms. The van der Waals surface area contributed by atoms with Crippen molar-refractivity contribution in [1.82, 2.24) is 0 Å². The highest BCUT2D eigenvalue weighted by atomic mass is 16.7. The molecule has 1 spiro atoms. The first-order valence-electron chi connectivity index (χ1n) is 14.7. The van der Waals surface area contributed by atoms with Gasteiger partial charge in [-0.1, -0.05) is 11.6 Å². The van der Waals surface area contributed by atoms with Crippen LogP contribution in [-0.4, -0.2) is 47.8 Å². The van der Waals surface area contributed by atoms with Crippen LogP contribution in [0.15, 0.2) is 34.9 Å². The van der Waals surface area contributed by atoms with Crippen LogP contribution in [0.5, 0.6) is 0 Å². The van der Waals surface area contributed by atoms with E-state index in [1.807, 2.05) is 20.8 Å². The molecular weight excluding hydrogens is 512 g/mol. The van der Waals surface area contributed by atoms with E-state index in [2.05, 4.69) is 6.08 Å². The highest BCUT2D eigenvalue weighted by molar-refractivity contribution is 5.99. The summed E-state index contributed by atoms with van der Waals surface area (Å²) in [5, 5.41) is 0. The summed E-state index contributed by atoms with van der Waals surface area (Å²) >= 11 is 0. The van der Waals surface area contributed by atoms with E-state index in [1.54, 1.807) is 19.1 Å². The van der Waals surface area contributed by atoms with Gasteiger partial charge in [-0.3, -0.25) is 14.4 Å². The van der Waals surface area contributed by atoms with Gasteiger partial charge in [0.25, 0.3) is 0 Å². The number of carbonyl (C=O) groups is 4. The summed E-state index contributed by atoms with van der Waals surface area (Å²) < 4.78 is 24.3. The van der Waals surface area contributed by atoms with Gasteiger partial charge in [0.15, 0.2) is 5.78 Å². The molecule has 0 aromatic heterocycles. The monoisotopic (exact) mass is 552 g/mol. The SMILES string of the molecule is CC(=O)O[C@@H]1O[C@@](C)([C@H]2CC(C)=C(C)C(=O)O2)[C@H]2CC[C@H]3[C@@H]4CC=C5[C@@H](OC(C)=O)C=CC(=O)[C@]5(C)[C@H]4CC[C@]123. The Morgan fingerprint density at radius 2 is 1.73 bits per heavy atom. The van der Waals surface area contributed by atoms with E-state index in [9.17, 15) is 19.2 Å². The standard InChI is InChI=1S/C32H40O8/c1-16-15-27(39-28(36)17(16)2)31(6)25-11-9-22-20-7-8-23-24(37-18(3)33)10-12-26(35)30(23,5)21(20)13-14-32(22,25)29(40-31)38-19(4)34/h8,10,12,20-22,24-25,27,29H,7,9,11,13-15H2,1-6H3/t20-,21+,22+,24+,25-,27-,29-,30-,31-,32-/m1/s1. The molecular formula is C32H40O8. The van der Waals surface area contributed by atoms with Gasteiger partial charge in [-0.15, -0.1) is 0 Å². The van der Waals surface area contributed by atoms with Crippen molar-refractivity contribution in [3.05, 3.63) is 34.9 Å². The normalized spacial score (nSPS) is 45.5.